The maximum absolute atomic E-state index is 11.8. The van der Waals surface area contributed by atoms with Crippen LogP contribution >= 0.6 is 7.60 Å². The molecule has 0 saturated heterocycles. The summed E-state index contributed by atoms with van der Waals surface area (Å²) in [4.78, 5) is 9.71. The second kappa shape index (κ2) is 4.43. The SMILES string of the molecule is [CH3][Pb]([CH3])([CH3])[O]P(=O)(O)c1ccccc1. The van der Waals surface area contributed by atoms with Gasteiger partial charge in [-0.25, -0.2) is 0 Å². The van der Waals surface area contributed by atoms with Crippen LogP contribution in [0, 0.1) is 0 Å². The van der Waals surface area contributed by atoms with Crippen molar-refractivity contribution in [2.45, 2.75) is 13.4 Å². The van der Waals surface area contributed by atoms with E-state index in [0.717, 1.165) is 0 Å². The number of benzene rings is 1. The van der Waals surface area contributed by atoms with Gasteiger partial charge in [0, 0.05) is 0 Å². The first-order chi connectivity index (χ1) is 6.31. The van der Waals surface area contributed by atoms with Crippen LogP contribution in [0.15, 0.2) is 30.3 Å². The predicted molar refractivity (Wildman–Crippen MR) is 60.3 cm³/mol. The molecule has 1 aromatic carbocycles. The quantitative estimate of drug-likeness (QED) is 0.616. The van der Waals surface area contributed by atoms with Crippen LogP contribution in [0.2, 0.25) is 13.4 Å². The van der Waals surface area contributed by atoms with Crippen LogP contribution in [-0.2, 0) is 7.04 Å². The summed E-state index contributed by atoms with van der Waals surface area (Å²) in [5.41, 5.74) is 0. The molecule has 0 bridgehead atoms. The van der Waals surface area contributed by atoms with Crippen molar-refractivity contribution < 1.29 is 11.9 Å². The molecule has 0 aromatic heterocycles. The van der Waals surface area contributed by atoms with Gasteiger partial charge in [0.25, 0.3) is 0 Å². The summed E-state index contributed by atoms with van der Waals surface area (Å²) in [6.45, 7) is 0. The average Bonchev–Trinajstić information content (AvgIpc) is 2.01. The summed E-state index contributed by atoms with van der Waals surface area (Å²) in [5, 5.41) is 0.384. The van der Waals surface area contributed by atoms with Gasteiger partial charge in [0.05, 0.1) is 0 Å². The molecule has 0 heterocycles. The van der Waals surface area contributed by atoms with E-state index in [9.17, 15) is 9.46 Å². The van der Waals surface area contributed by atoms with Gasteiger partial charge in [0.2, 0.25) is 0 Å². The van der Waals surface area contributed by atoms with Gasteiger partial charge < -0.3 is 0 Å². The molecule has 1 atom stereocenters. The first-order valence-electron chi connectivity index (χ1n) is 4.40. The monoisotopic (exact) mass is 410 g/mol. The molecule has 0 amide bonds. The summed E-state index contributed by atoms with van der Waals surface area (Å²) in [6, 6.07) is 8.54. The zero-order valence-corrected chi connectivity index (χ0v) is 13.4. The van der Waals surface area contributed by atoms with Gasteiger partial charge >= 0.3 is 90.2 Å². The van der Waals surface area contributed by atoms with Crippen LogP contribution in [0.1, 0.15) is 0 Å². The van der Waals surface area contributed by atoms with Crippen LogP contribution in [-0.4, -0.2) is 26.5 Å². The van der Waals surface area contributed by atoms with Gasteiger partial charge in [-0.1, -0.05) is 0 Å². The molecule has 1 aromatic rings. The Morgan fingerprint density at radius 2 is 1.71 bits per heavy atom. The molecule has 1 N–H and O–H groups in total. The van der Waals surface area contributed by atoms with Gasteiger partial charge in [-0.05, 0) is 0 Å². The van der Waals surface area contributed by atoms with E-state index in [2.05, 4.69) is 0 Å². The molecular weight excluding hydrogens is 394 g/mol. The molecule has 0 radical (unpaired) electrons. The summed E-state index contributed by atoms with van der Waals surface area (Å²) >= 11 is -2.81. The van der Waals surface area contributed by atoms with Crippen LogP contribution in [0.3, 0.4) is 0 Å². The number of rotatable bonds is 3. The molecule has 0 aliphatic rings. The molecule has 0 saturated carbocycles. The molecule has 5 heteroatoms. The summed E-state index contributed by atoms with van der Waals surface area (Å²) in [5.74, 6) is 0. The third-order valence-corrected chi connectivity index (χ3v) is 12.5. The first kappa shape index (κ1) is 12.4. The second-order valence-corrected chi connectivity index (χ2v) is 24.4. The normalized spacial score (nSPS) is 16.3. The summed E-state index contributed by atoms with van der Waals surface area (Å²) in [6.07, 6.45) is 0. The zero-order chi connectivity index (χ0) is 10.8. The van der Waals surface area contributed by atoms with E-state index in [1.165, 1.54) is 0 Å². The third-order valence-electron chi connectivity index (χ3n) is 1.48. The van der Waals surface area contributed by atoms with Gasteiger partial charge in [0.1, 0.15) is 0 Å². The summed E-state index contributed by atoms with van der Waals surface area (Å²) < 4.78 is 23.1. The standard InChI is InChI=1S/C6H7O3P.3CH3.Pb/c7-10(8,9)6-4-2-1-3-5-6;;;;/h1-5H,(H2,7,8,9);3*1H3;/q;;;;+1/p-1. The number of hydrogen-bond donors (Lipinski definition) is 1. The molecular formula is C9H15O3PPb. The summed E-state index contributed by atoms with van der Waals surface area (Å²) in [7, 11) is -3.57. The molecule has 0 aliphatic heterocycles. The van der Waals surface area contributed by atoms with Crippen molar-refractivity contribution in [3.05, 3.63) is 30.3 Å². The third kappa shape index (κ3) is 3.81. The van der Waals surface area contributed by atoms with Crippen LogP contribution in [0.5, 0.6) is 0 Å². The van der Waals surface area contributed by atoms with E-state index < -0.39 is 29.2 Å². The second-order valence-electron chi connectivity index (χ2n) is 4.06. The van der Waals surface area contributed by atoms with Crippen molar-refractivity contribution in [1.82, 2.24) is 0 Å². The zero-order valence-electron chi connectivity index (χ0n) is 8.60. The maximum atomic E-state index is 11.8. The van der Waals surface area contributed by atoms with Crippen molar-refractivity contribution in [2.24, 2.45) is 0 Å². The first-order valence-corrected chi connectivity index (χ1v) is 19.2. The van der Waals surface area contributed by atoms with Gasteiger partial charge in [0.15, 0.2) is 0 Å². The van der Waals surface area contributed by atoms with Crippen molar-refractivity contribution in [2.75, 3.05) is 0 Å². The van der Waals surface area contributed by atoms with E-state index >= 15 is 0 Å². The minimum atomic E-state index is -3.57. The van der Waals surface area contributed by atoms with Gasteiger partial charge in [-0.2, -0.15) is 0 Å². The molecule has 3 nitrogen and oxygen atoms in total. The van der Waals surface area contributed by atoms with E-state index in [4.69, 9.17) is 2.47 Å². The molecule has 0 aliphatic carbocycles. The van der Waals surface area contributed by atoms with Crippen molar-refractivity contribution >= 4 is 34.5 Å². The van der Waals surface area contributed by atoms with Crippen molar-refractivity contribution in [3.63, 3.8) is 0 Å². The van der Waals surface area contributed by atoms with Crippen molar-refractivity contribution in [1.29, 1.82) is 0 Å². The fraction of sp³-hybridized carbons (Fsp3) is 0.333. The van der Waals surface area contributed by atoms with Crippen molar-refractivity contribution in [3.8, 4) is 0 Å². The van der Waals surface area contributed by atoms with Crippen LogP contribution in [0.25, 0.3) is 0 Å². The molecule has 14 heavy (non-hydrogen) atoms. The Bertz CT molecular complexity index is 345. The molecule has 1 rings (SSSR count). The van der Waals surface area contributed by atoms with E-state index in [1.807, 2.05) is 19.5 Å². The Labute approximate surface area is 90.0 Å². The fourth-order valence-corrected chi connectivity index (χ4v) is 12.3. The Kier molecular flexibility index (Phi) is 3.91. The van der Waals surface area contributed by atoms with Crippen LogP contribution in [0.4, 0.5) is 0 Å². The topological polar surface area (TPSA) is 46.5 Å². The minimum absolute atomic E-state index is 0.384. The van der Waals surface area contributed by atoms with E-state index in [1.54, 1.807) is 24.3 Å². The van der Waals surface area contributed by atoms with Crippen LogP contribution < -0.4 is 5.30 Å². The number of hydrogen-bond acceptors (Lipinski definition) is 2. The molecule has 0 fully saturated rings. The Balaban J connectivity index is 2.93. The molecule has 1 unspecified atom stereocenters. The molecule has 0 spiro atoms. The Morgan fingerprint density at radius 3 is 2.14 bits per heavy atom. The Hall–Kier alpha value is 0.292. The Morgan fingerprint density at radius 1 is 1.21 bits per heavy atom. The van der Waals surface area contributed by atoms with E-state index in [0.29, 0.717) is 5.30 Å². The molecule has 78 valence electrons. The predicted octanol–water partition coefficient (Wildman–Crippen LogP) is 2.35. The van der Waals surface area contributed by atoms with Gasteiger partial charge in [-0.3, -0.25) is 0 Å². The van der Waals surface area contributed by atoms with E-state index in [-0.39, 0.29) is 0 Å². The average molecular weight is 409 g/mol. The fourth-order valence-electron chi connectivity index (χ4n) is 1.04. The van der Waals surface area contributed by atoms with Gasteiger partial charge in [-0.15, -0.1) is 0 Å².